The number of Topliss-reactive ketones (excluding diaryl/α,β-unsaturated/α-hetero) is 2. The summed E-state index contributed by atoms with van der Waals surface area (Å²) in [6, 6.07) is 9.50. The number of hydrogen-bond donors (Lipinski definition) is 1. The number of amides is 1. The fourth-order valence-electron chi connectivity index (χ4n) is 4.11. The molecule has 1 N–H and O–H groups in total. The van der Waals surface area contributed by atoms with Gasteiger partial charge in [-0.1, -0.05) is 44.7 Å². The molecule has 4 heteroatoms. The van der Waals surface area contributed by atoms with Crippen molar-refractivity contribution in [1.82, 2.24) is 5.32 Å². The van der Waals surface area contributed by atoms with E-state index >= 15 is 0 Å². The lowest BCUT2D eigenvalue weighted by molar-refractivity contribution is -0.126. The fourth-order valence-corrected chi connectivity index (χ4v) is 4.11. The molecular formula is C22H21NO3. The minimum absolute atomic E-state index is 0.228. The number of benzene rings is 2. The van der Waals surface area contributed by atoms with Crippen molar-refractivity contribution in [2.24, 2.45) is 11.8 Å². The van der Waals surface area contributed by atoms with Gasteiger partial charge in [0, 0.05) is 22.2 Å². The number of carbonyl (C=O) groups is 3. The molecule has 2 unspecified atom stereocenters. The Morgan fingerprint density at radius 2 is 1.81 bits per heavy atom. The zero-order valence-electron chi connectivity index (χ0n) is 15.0. The fraction of sp³-hybridized carbons (Fsp3) is 0.318. The van der Waals surface area contributed by atoms with Crippen LogP contribution in [0.25, 0.3) is 10.8 Å². The third-order valence-electron chi connectivity index (χ3n) is 5.56. The molecule has 2 aromatic rings. The Balaban J connectivity index is 1.89. The average Bonchev–Trinajstić information content (AvgIpc) is 2.60. The highest BCUT2D eigenvalue weighted by Crippen LogP contribution is 2.39. The highest BCUT2D eigenvalue weighted by Gasteiger charge is 2.44. The molecule has 1 saturated heterocycles. The van der Waals surface area contributed by atoms with Crippen molar-refractivity contribution < 1.29 is 14.4 Å². The minimum Gasteiger partial charge on any atom is -0.330 e. The lowest BCUT2D eigenvalue weighted by atomic mass is 9.71. The van der Waals surface area contributed by atoms with Gasteiger partial charge in [0.1, 0.15) is 0 Å². The second-order valence-electron chi connectivity index (χ2n) is 7.57. The molecule has 4 rings (SSSR count). The van der Waals surface area contributed by atoms with Gasteiger partial charge in [-0.15, -0.1) is 0 Å². The van der Waals surface area contributed by atoms with Gasteiger partial charge in [-0.05, 0) is 35.8 Å². The van der Waals surface area contributed by atoms with Crippen LogP contribution in [0.5, 0.6) is 0 Å². The second kappa shape index (κ2) is 5.90. The molecule has 4 nitrogen and oxygen atoms in total. The van der Waals surface area contributed by atoms with E-state index in [0.29, 0.717) is 29.7 Å². The van der Waals surface area contributed by atoms with Gasteiger partial charge in [0.15, 0.2) is 11.6 Å². The summed E-state index contributed by atoms with van der Waals surface area (Å²) < 4.78 is 0. The first-order valence-electron chi connectivity index (χ1n) is 9.02. The van der Waals surface area contributed by atoms with Gasteiger partial charge in [-0.3, -0.25) is 14.4 Å². The third-order valence-corrected chi connectivity index (χ3v) is 5.56. The van der Waals surface area contributed by atoms with E-state index in [-0.39, 0.29) is 23.4 Å². The van der Waals surface area contributed by atoms with Crippen molar-refractivity contribution in [3.05, 3.63) is 59.3 Å². The lowest BCUT2D eigenvalue weighted by Crippen LogP contribution is -2.45. The third kappa shape index (κ3) is 2.40. The van der Waals surface area contributed by atoms with Gasteiger partial charge < -0.3 is 5.32 Å². The van der Waals surface area contributed by atoms with Gasteiger partial charge in [-0.2, -0.15) is 0 Å². The van der Waals surface area contributed by atoms with Crippen molar-refractivity contribution in [2.45, 2.75) is 32.6 Å². The van der Waals surface area contributed by atoms with Crippen LogP contribution >= 0.6 is 0 Å². The van der Waals surface area contributed by atoms with Crippen molar-refractivity contribution in [2.75, 3.05) is 0 Å². The van der Waals surface area contributed by atoms with Crippen LogP contribution in [0.2, 0.25) is 0 Å². The number of nitrogens with one attached hydrogen (secondary N) is 1. The van der Waals surface area contributed by atoms with Crippen LogP contribution in [0.1, 0.15) is 58.9 Å². The lowest BCUT2D eigenvalue weighted by Gasteiger charge is -2.32. The predicted molar refractivity (Wildman–Crippen MR) is 100 cm³/mol. The number of carbonyl (C=O) groups excluding carboxylic acids is 3. The number of piperidine rings is 1. The highest BCUT2D eigenvalue weighted by molar-refractivity contribution is 6.30. The Labute approximate surface area is 152 Å². The summed E-state index contributed by atoms with van der Waals surface area (Å²) >= 11 is 0. The van der Waals surface area contributed by atoms with Crippen molar-refractivity contribution in [3.8, 4) is 0 Å². The molecule has 0 spiro atoms. The molecule has 1 amide bonds. The molecule has 0 aromatic heterocycles. The average molecular weight is 347 g/mol. The molecule has 0 bridgehead atoms. The van der Waals surface area contributed by atoms with Crippen LogP contribution in [0, 0.1) is 11.8 Å². The number of allylic oxidation sites excluding steroid dienone is 1. The van der Waals surface area contributed by atoms with Gasteiger partial charge in [-0.25, -0.2) is 0 Å². The number of hydrogen-bond acceptors (Lipinski definition) is 3. The molecule has 2 aliphatic rings. The zero-order valence-corrected chi connectivity index (χ0v) is 15.0. The van der Waals surface area contributed by atoms with Crippen LogP contribution in [0.15, 0.2) is 42.6 Å². The van der Waals surface area contributed by atoms with E-state index in [1.807, 2.05) is 24.3 Å². The van der Waals surface area contributed by atoms with Crippen LogP contribution < -0.4 is 5.32 Å². The van der Waals surface area contributed by atoms with E-state index in [2.05, 4.69) is 25.7 Å². The largest absolute Gasteiger partial charge is 0.330 e. The van der Waals surface area contributed by atoms with Gasteiger partial charge in [0.05, 0.1) is 11.8 Å². The normalized spacial score (nSPS) is 22.9. The molecule has 2 aromatic carbocycles. The molecule has 1 aliphatic heterocycles. The van der Waals surface area contributed by atoms with E-state index in [1.165, 1.54) is 0 Å². The summed E-state index contributed by atoms with van der Waals surface area (Å²) in [5.74, 6) is -2.05. The monoisotopic (exact) mass is 347 g/mol. The highest BCUT2D eigenvalue weighted by atomic mass is 16.2. The minimum atomic E-state index is -0.941. The Bertz CT molecular complexity index is 986. The van der Waals surface area contributed by atoms with Crippen LogP contribution in [-0.4, -0.2) is 17.5 Å². The van der Waals surface area contributed by atoms with Crippen molar-refractivity contribution >= 4 is 28.2 Å². The van der Waals surface area contributed by atoms with Gasteiger partial charge >= 0.3 is 0 Å². The first-order chi connectivity index (χ1) is 12.4. The molecule has 26 heavy (non-hydrogen) atoms. The topological polar surface area (TPSA) is 63.2 Å². The van der Waals surface area contributed by atoms with E-state index < -0.39 is 11.8 Å². The summed E-state index contributed by atoms with van der Waals surface area (Å²) in [5, 5.41) is 4.34. The van der Waals surface area contributed by atoms with Crippen molar-refractivity contribution in [1.29, 1.82) is 0 Å². The van der Waals surface area contributed by atoms with Crippen LogP contribution in [0.3, 0.4) is 0 Å². The summed E-state index contributed by atoms with van der Waals surface area (Å²) in [7, 11) is 0. The summed E-state index contributed by atoms with van der Waals surface area (Å²) in [6.07, 6.45) is 1.07. The Hall–Kier alpha value is -2.75. The second-order valence-corrected chi connectivity index (χ2v) is 7.57. The zero-order chi connectivity index (χ0) is 18.6. The Morgan fingerprint density at radius 3 is 2.50 bits per heavy atom. The first kappa shape index (κ1) is 16.7. The number of rotatable bonds is 2. The van der Waals surface area contributed by atoms with E-state index in [1.54, 1.807) is 6.07 Å². The Morgan fingerprint density at radius 1 is 1.08 bits per heavy atom. The summed E-state index contributed by atoms with van der Waals surface area (Å²) in [4.78, 5) is 38.9. The number of ketones is 2. The van der Waals surface area contributed by atoms with Crippen molar-refractivity contribution in [3.63, 3.8) is 0 Å². The molecule has 132 valence electrons. The molecule has 0 radical (unpaired) electrons. The SMILES string of the molecule is C=C1CCC(C2C(=O)c3cccc4cc(C(C)C)cc(c34)C2=O)C(=O)N1. The Kier molecular flexibility index (Phi) is 3.79. The molecule has 1 aliphatic carbocycles. The predicted octanol–water partition coefficient (Wildman–Crippen LogP) is 4.00. The van der Waals surface area contributed by atoms with Crippen LogP contribution in [-0.2, 0) is 4.79 Å². The summed E-state index contributed by atoms with van der Waals surface area (Å²) in [6.45, 7) is 7.93. The summed E-state index contributed by atoms with van der Waals surface area (Å²) in [5.41, 5.74) is 2.83. The maximum Gasteiger partial charge on any atom is 0.228 e. The first-order valence-corrected chi connectivity index (χ1v) is 9.02. The van der Waals surface area contributed by atoms with E-state index in [4.69, 9.17) is 0 Å². The smallest absolute Gasteiger partial charge is 0.228 e. The van der Waals surface area contributed by atoms with Gasteiger partial charge in [0.2, 0.25) is 5.91 Å². The molecule has 0 saturated carbocycles. The maximum atomic E-state index is 13.3. The van der Waals surface area contributed by atoms with Crippen LogP contribution in [0.4, 0.5) is 0 Å². The van der Waals surface area contributed by atoms with E-state index in [9.17, 15) is 14.4 Å². The quantitative estimate of drug-likeness (QED) is 0.835. The molecule has 1 heterocycles. The van der Waals surface area contributed by atoms with E-state index in [0.717, 1.165) is 16.3 Å². The standard InChI is InChI=1S/C22H21NO3/c1-11(2)14-9-13-5-4-6-15-18(13)17(10-14)21(25)19(20(15)24)16-8-7-12(3)23-22(16)26/h4-6,9-11,16,19H,3,7-8H2,1-2H3,(H,23,26). The van der Waals surface area contributed by atoms with Gasteiger partial charge in [0.25, 0.3) is 0 Å². The molecular weight excluding hydrogens is 326 g/mol. The maximum absolute atomic E-state index is 13.3. The molecule has 1 fully saturated rings. The molecule has 2 atom stereocenters.